The Morgan fingerprint density at radius 1 is 1.50 bits per heavy atom. The van der Waals surface area contributed by atoms with E-state index >= 15 is 0 Å². The number of aryl methyl sites for hydroxylation is 1. The number of rotatable bonds is 3. The van der Waals surface area contributed by atoms with Gasteiger partial charge in [0.1, 0.15) is 6.54 Å². The van der Waals surface area contributed by atoms with E-state index in [4.69, 9.17) is 5.73 Å². The van der Waals surface area contributed by atoms with Crippen molar-refractivity contribution >= 4 is 15.9 Å². The highest BCUT2D eigenvalue weighted by Gasteiger charge is 2.29. The molecule has 0 fully saturated rings. The molecule has 80 valence electrons. The van der Waals surface area contributed by atoms with Crippen LogP contribution in [0.4, 0.5) is 8.78 Å². The molecule has 1 rings (SSSR count). The van der Waals surface area contributed by atoms with Gasteiger partial charge in [0.2, 0.25) is 0 Å². The Kier molecular flexibility index (Phi) is 3.26. The normalized spacial score (nSPS) is 12.1. The Hall–Kier alpha value is -0.490. The summed E-state index contributed by atoms with van der Waals surface area (Å²) in [5.41, 5.74) is 6.34. The van der Waals surface area contributed by atoms with E-state index in [1.807, 2.05) is 0 Å². The van der Waals surface area contributed by atoms with Crippen LogP contribution in [0.25, 0.3) is 0 Å². The van der Waals surface area contributed by atoms with Crippen LogP contribution in [-0.2, 0) is 6.54 Å². The van der Waals surface area contributed by atoms with E-state index < -0.39 is 19.0 Å². The summed E-state index contributed by atoms with van der Waals surface area (Å²) < 4.78 is 28.0. The van der Waals surface area contributed by atoms with Gasteiger partial charge in [0, 0.05) is 0 Å². The van der Waals surface area contributed by atoms with E-state index in [1.165, 1.54) is 4.68 Å². The van der Waals surface area contributed by atoms with Crippen LogP contribution < -0.4 is 5.73 Å². The summed E-state index contributed by atoms with van der Waals surface area (Å²) in [4.78, 5) is 0. The van der Waals surface area contributed by atoms with Crippen LogP contribution in [0.2, 0.25) is 0 Å². The van der Waals surface area contributed by atoms with Gasteiger partial charge < -0.3 is 5.73 Å². The van der Waals surface area contributed by atoms with Gasteiger partial charge >= 0.3 is 0 Å². The maximum absolute atomic E-state index is 13.0. The summed E-state index contributed by atoms with van der Waals surface area (Å²) >= 11 is 3.27. The Bertz CT molecular complexity index is 336. The zero-order chi connectivity index (χ0) is 10.9. The van der Waals surface area contributed by atoms with Gasteiger partial charge in [-0.25, -0.2) is 8.78 Å². The molecule has 2 N–H and O–H groups in total. The lowest BCUT2D eigenvalue weighted by molar-refractivity contribution is -0.0104. The minimum atomic E-state index is -2.90. The molecule has 0 aliphatic heterocycles. The van der Waals surface area contributed by atoms with Crippen LogP contribution in [-0.4, -0.2) is 22.2 Å². The number of aromatic nitrogens is 2. The zero-order valence-corrected chi connectivity index (χ0v) is 9.61. The second-order valence-electron chi connectivity index (χ2n) is 3.20. The lowest BCUT2D eigenvalue weighted by atomic mass is 10.3. The average Bonchev–Trinajstić information content (AvgIpc) is 2.33. The van der Waals surface area contributed by atoms with Gasteiger partial charge in [0.05, 0.1) is 22.4 Å². The molecule has 0 aliphatic carbocycles. The summed E-state index contributed by atoms with van der Waals surface area (Å²) in [5, 5.41) is 3.98. The summed E-state index contributed by atoms with van der Waals surface area (Å²) in [6.07, 6.45) is 0. The maximum atomic E-state index is 13.0. The Labute approximate surface area is 89.4 Å². The van der Waals surface area contributed by atoms with Crippen molar-refractivity contribution in [3.63, 3.8) is 0 Å². The van der Waals surface area contributed by atoms with Crippen molar-refractivity contribution in [2.75, 3.05) is 6.54 Å². The molecule has 0 amide bonds. The van der Waals surface area contributed by atoms with Crippen LogP contribution in [0.1, 0.15) is 11.4 Å². The van der Waals surface area contributed by atoms with Crippen LogP contribution in [0.15, 0.2) is 4.47 Å². The molecule has 3 nitrogen and oxygen atoms in total. The summed E-state index contributed by atoms with van der Waals surface area (Å²) in [5.74, 6) is -2.90. The fourth-order valence-corrected chi connectivity index (χ4v) is 1.40. The standard InChI is InChI=1S/C8H12BrF2N3/c1-5-7(9)6(2)14(13-5)4-8(10,11)3-12/h3-4,12H2,1-2H3. The van der Waals surface area contributed by atoms with Gasteiger partial charge in [-0.15, -0.1) is 0 Å². The van der Waals surface area contributed by atoms with E-state index in [2.05, 4.69) is 21.0 Å². The first kappa shape index (κ1) is 11.6. The molecule has 0 atom stereocenters. The van der Waals surface area contributed by atoms with Gasteiger partial charge in [0.15, 0.2) is 0 Å². The van der Waals surface area contributed by atoms with Crippen molar-refractivity contribution in [3.8, 4) is 0 Å². The topological polar surface area (TPSA) is 43.8 Å². The second-order valence-corrected chi connectivity index (χ2v) is 4.00. The van der Waals surface area contributed by atoms with Crippen LogP contribution in [0, 0.1) is 13.8 Å². The molecule has 0 unspecified atom stereocenters. The molecular formula is C8H12BrF2N3. The molecule has 6 heteroatoms. The summed E-state index contributed by atoms with van der Waals surface area (Å²) in [6, 6.07) is 0. The first-order valence-electron chi connectivity index (χ1n) is 4.15. The molecule has 0 saturated heterocycles. The van der Waals surface area contributed by atoms with E-state index in [0.717, 1.165) is 4.47 Å². The third-order valence-electron chi connectivity index (χ3n) is 1.97. The molecule has 0 bridgehead atoms. The molecule has 0 spiro atoms. The second kappa shape index (κ2) is 3.94. The molecule has 1 heterocycles. The van der Waals surface area contributed by atoms with Gasteiger partial charge in [-0.05, 0) is 29.8 Å². The highest BCUT2D eigenvalue weighted by Crippen LogP contribution is 2.22. The highest BCUT2D eigenvalue weighted by atomic mass is 79.9. The monoisotopic (exact) mass is 267 g/mol. The molecule has 0 aliphatic rings. The van der Waals surface area contributed by atoms with E-state index in [1.54, 1.807) is 13.8 Å². The van der Waals surface area contributed by atoms with Gasteiger partial charge in [-0.3, -0.25) is 4.68 Å². The van der Waals surface area contributed by atoms with Crippen LogP contribution >= 0.6 is 15.9 Å². The van der Waals surface area contributed by atoms with Gasteiger partial charge in [0.25, 0.3) is 5.92 Å². The Morgan fingerprint density at radius 2 is 2.07 bits per heavy atom. The Morgan fingerprint density at radius 3 is 2.43 bits per heavy atom. The number of hydrogen-bond donors (Lipinski definition) is 1. The number of hydrogen-bond acceptors (Lipinski definition) is 2. The first-order valence-corrected chi connectivity index (χ1v) is 4.94. The zero-order valence-electron chi connectivity index (χ0n) is 8.02. The fraction of sp³-hybridized carbons (Fsp3) is 0.625. The third-order valence-corrected chi connectivity index (χ3v) is 3.12. The van der Waals surface area contributed by atoms with Crippen molar-refractivity contribution in [1.29, 1.82) is 0 Å². The number of halogens is 3. The molecule has 1 aromatic rings. The smallest absolute Gasteiger partial charge is 0.279 e. The van der Waals surface area contributed by atoms with Gasteiger partial charge in [-0.1, -0.05) is 0 Å². The van der Waals surface area contributed by atoms with Crippen molar-refractivity contribution in [2.45, 2.75) is 26.3 Å². The fourth-order valence-electron chi connectivity index (χ4n) is 1.11. The van der Waals surface area contributed by atoms with Crippen LogP contribution in [0.5, 0.6) is 0 Å². The van der Waals surface area contributed by atoms with E-state index in [0.29, 0.717) is 11.4 Å². The minimum Gasteiger partial charge on any atom is -0.325 e. The van der Waals surface area contributed by atoms with Crippen molar-refractivity contribution in [3.05, 3.63) is 15.9 Å². The molecule has 1 aromatic heterocycles. The number of nitrogens with two attached hydrogens (primary N) is 1. The molecule has 0 radical (unpaired) electrons. The lowest BCUT2D eigenvalue weighted by Crippen LogP contribution is -2.33. The third kappa shape index (κ3) is 2.30. The first-order chi connectivity index (χ1) is 6.37. The molecule has 0 aromatic carbocycles. The predicted molar refractivity (Wildman–Crippen MR) is 53.4 cm³/mol. The quantitative estimate of drug-likeness (QED) is 0.909. The molecular weight excluding hydrogens is 256 g/mol. The molecule has 14 heavy (non-hydrogen) atoms. The van der Waals surface area contributed by atoms with E-state index in [9.17, 15) is 8.78 Å². The van der Waals surface area contributed by atoms with E-state index in [-0.39, 0.29) is 0 Å². The Balaban J connectivity index is 2.93. The van der Waals surface area contributed by atoms with Crippen molar-refractivity contribution < 1.29 is 8.78 Å². The largest absolute Gasteiger partial charge is 0.325 e. The van der Waals surface area contributed by atoms with Crippen molar-refractivity contribution in [2.24, 2.45) is 5.73 Å². The van der Waals surface area contributed by atoms with Gasteiger partial charge in [-0.2, -0.15) is 5.10 Å². The van der Waals surface area contributed by atoms with Crippen molar-refractivity contribution in [1.82, 2.24) is 9.78 Å². The maximum Gasteiger partial charge on any atom is 0.279 e. The molecule has 0 saturated carbocycles. The predicted octanol–water partition coefficient (Wildman–Crippen LogP) is 1.86. The minimum absolute atomic E-state index is 0.470. The van der Waals surface area contributed by atoms with Crippen LogP contribution in [0.3, 0.4) is 0 Å². The summed E-state index contributed by atoms with van der Waals surface area (Å²) in [6.45, 7) is 2.36. The summed E-state index contributed by atoms with van der Waals surface area (Å²) in [7, 11) is 0. The highest BCUT2D eigenvalue weighted by molar-refractivity contribution is 9.10. The average molecular weight is 268 g/mol. The lowest BCUT2D eigenvalue weighted by Gasteiger charge is -2.14. The number of alkyl halides is 2. The SMILES string of the molecule is Cc1nn(CC(F)(F)CN)c(C)c1Br. The number of nitrogens with zero attached hydrogens (tertiary/aromatic N) is 2.